The molecule has 1 unspecified atom stereocenters. The molecule has 0 spiro atoms. The van der Waals surface area contributed by atoms with Crippen LogP contribution in [0.3, 0.4) is 0 Å². The molecule has 0 bridgehead atoms. The van der Waals surface area contributed by atoms with E-state index in [9.17, 15) is 0 Å². The van der Waals surface area contributed by atoms with Gasteiger partial charge in [-0.3, -0.25) is 0 Å². The summed E-state index contributed by atoms with van der Waals surface area (Å²) in [7, 11) is 4.10. The molecule has 0 saturated carbocycles. The van der Waals surface area contributed by atoms with Gasteiger partial charge in [0, 0.05) is 32.1 Å². The predicted molar refractivity (Wildman–Crippen MR) is 63.6 cm³/mol. The van der Waals surface area contributed by atoms with Gasteiger partial charge in [0.2, 0.25) is 0 Å². The van der Waals surface area contributed by atoms with Gasteiger partial charge in [-0.2, -0.15) is 0 Å². The third kappa shape index (κ3) is 2.63. The first-order valence-electron chi connectivity index (χ1n) is 5.37. The first kappa shape index (κ1) is 10.3. The van der Waals surface area contributed by atoms with Crippen molar-refractivity contribution in [3.8, 4) is 0 Å². The van der Waals surface area contributed by atoms with Crippen molar-refractivity contribution < 1.29 is 4.74 Å². The number of anilines is 2. The van der Waals surface area contributed by atoms with E-state index in [0.717, 1.165) is 19.6 Å². The van der Waals surface area contributed by atoms with Crippen LogP contribution in [-0.2, 0) is 4.74 Å². The number of hydrogen-bond donors (Lipinski definition) is 1. The number of ether oxygens (including phenoxy) is 1. The fraction of sp³-hybridized carbons (Fsp3) is 0.500. The van der Waals surface area contributed by atoms with E-state index >= 15 is 0 Å². The van der Waals surface area contributed by atoms with E-state index in [-0.39, 0.29) is 0 Å². The average Bonchev–Trinajstić information content (AvgIpc) is 2.71. The van der Waals surface area contributed by atoms with Crippen molar-refractivity contribution in [3.05, 3.63) is 24.3 Å². The van der Waals surface area contributed by atoms with E-state index < -0.39 is 0 Å². The molecule has 1 aromatic rings. The summed E-state index contributed by atoms with van der Waals surface area (Å²) in [5, 5.41) is 3.46. The number of rotatable bonds is 3. The van der Waals surface area contributed by atoms with E-state index in [1.165, 1.54) is 11.4 Å². The highest BCUT2D eigenvalue weighted by atomic mass is 16.5. The van der Waals surface area contributed by atoms with Crippen molar-refractivity contribution in [3.63, 3.8) is 0 Å². The number of nitrogens with zero attached hydrogens (tertiary/aromatic N) is 1. The molecule has 1 atom stereocenters. The van der Waals surface area contributed by atoms with Crippen LogP contribution in [0.15, 0.2) is 24.3 Å². The largest absolute Gasteiger partial charge is 0.380 e. The maximum absolute atomic E-state index is 5.32. The van der Waals surface area contributed by atoms with Gasteiger partial charge in [0.15, 0.2) is 0 Å². The second kappa shape index (κ2) is 4.53. The smallest absolute Gasteiger partial charge is 0.0668 e. The highest BCUT2D eigenvalue weighted by Gasteiger charge is 2.14. The van der Waals surface area contributed by atoms with Crippen molar-refractivity contribution in [2.24, 2.45) is 0 Å². The highest BCUT2D eigenvalue weighted by Crippen LogP contribution is 2.18. The van der Waals surface area contributed by atoms with Crippen molar-refractivity contribution >= 4 is 11.4 Å². The van der Waals surface area contributed by atoms with Crippen LogP contribution >= 0.6 is 0 Å². The first-order valence-corrected chi connectivity index (χ1v) is 5.37. The van der Waals surface area contributed by atoms with Gasteiger partial charge in [0.25, 0.3) is 0 Å². The Morgan fingerprint density at radius 1 is 1.27 bits per heavy atom. The Bertz CT molecular complexity index is 302. The number of benzene rings is 1. The second-order valence-corrected chi connectivity index (χ2v) is 4.15. The molecule has 15 heavy (non-hydrogen) atoms. The van der Waals surface area contributed by atoms with Crippen LogP contribution in [0.5, 0.6) is 0 Å². The quantitative estimate of drug-likeness (QED) is 0.818. The van der Waals surface area contributed by atoms with Gasteiger partial charge in [-0.05, 0) is 30.7 Å². The van der Waals surface area contributed by atoms with Crippen LogP contribution in [0.25, 0.3) is 0 Å². The molecule has 2 rings (SSSR count). The number of hydrogen-bond acceptors (Lipinski definition) is 3. The maximum Gasteiger partial charge on any atom is 0.0668 e. The highest BCUT2D eigenvalue weighted by molar-refractivity contribution is 5.54. The van der Waals surface area contributed by atoms with Gasteiger partial charge in [-0.15, -0.1) is 0 Å². The molecule has 0 aliphatic carbocycles. The zero-order chi connectivity index (χ0) is 10.7. The Balaban J connectivity index is 1.97. The molecule has 82 valence electrons. The molecule has 0 aromatic heterocycles. The zero-order valence-electron chi connectivity index (χ0n) is 9.36. The minimum Gasteiger partial charge on any atom is -0.380 e. The summed E-state index contributed by atoms with van der Waals surface area (Å²) in [6.45, 7) is 1.71. The third-order valence-corrected chi connectivity index (χ3v) is 2.68. The molecule has 1 saturated heterocycles. The predicted octanol–water partition coefficient (Wildman–Crippen LogP) is 1.95. The van der Waals surface area contributed by atoms with Gasteiger partial charge < -0.3 is 15.0 Å². The normalized spacial score (nSPS) is 20.3. The van der Waals surface area contributed by atoms with Crippen molar-refractivity contribution in [1.82, 2.24) is 0 Å². The summed E-state index contributed by atoms with van der Waals surface area (Å²) in [6, 6.07) is 8.97. The Morgan fingerprint density at radius 3 is 2.53 bits per heavy atom. The van der Waals surface area contributed by atoms with E-state index in [1.807, 2.05) is 14.1 Å². The third-order valence-electron chi connectivity index (χ3n) is 2.68. The molecule has 1 aliphatic heterocycles. The lowest BCUT2D eigenvalue weighted by Crippen LogP contribution is -2.18. The standard InChI is InChI=1S/C12H18N2O/c1-14(2)12-5-3-10(4-6-12)13-11-7-8-15-9-11/h3-6,11,13H,7-9H2,1-2H3. The molecule has 1 aliphatic rings. The summed E-state index contributed by atoms with van der Waals surface area (Å²) >= 11 is 0. The van der Waals surface area contributed by atoms with E-state index in [0.29, 0.717) is 6.04 Å². The summed E-state index contributed by atoms with van der Waals surface area (Å²) in [4.78, 5) is 2.10. The second-order valence-electron chi connectivity index (χ2n) is 4.15. The van der Waals surface area contributed by atoms with E-state index in [4.69, 9.17) is 4.74 Å². The Morgan fingerprint density at radius 2 is 2.00 bits per heavy atom. The van der Waals surface area contributed by atoms with Crippen molar-refractivity contribution in [2.75, 3.05) is 37.5 Å². The van der Waals surface area contributed by atoms with Gasteiger partial charge in [0.05, 0.1) is 12.6 Å². The Labute approximate surface area is 91.0 Å². The van der Waals surface area contributed by atoms with Crippen LogP contribution in [-0.4, -0.2) is 33.4 Å². The lowest BCUT2D eigenvalue weighted by atomic mass is 10.2. The van der Waals surface area contributed by atoms with E-state index in [1.54, 1.807) is 0 Å². The Kier molecular flexibility index (Phi) is 3.11. The molecular formula is C12H18N2O. The first-order chi connectivity index (χ1) is 7.25. The summed E-state index contributed by atoms with van der Waals surface area (Å²) in [5.41, 5.74) is 2.40. The van der Waals surface area contributed by atoms with Crippen molar-refractivity contribution in [1.29, 1.82) is 0 Å². The van der Waals surface area contributed by atoms with Crippen LogP contribution < -0.4 is 10.2 Å². The maximum atomic E-state index is 5.32. The van der Waals surface area contributed by atoms with Crippen LogP contribution in [0, 0.1) is 0 Å². The molecule has 0 amide bonds. The van der Waals surface area contributed by atoms with Gasteiger partial charge >= 0.3 is 0 Å². The Hall–Kier alpha value is -1.22. The lowest BCUT2D eigenvalue weighted by Gasteiger charge is -2.15. The van der Waals surface area contributed by atoms with Gasteiger partial charge in [-0.1, -0.05) is 0 Å². The molecule has 1 heterocycles. The molecule has 3 nitrogen and oxygen atoms in total. The van der Waals surface area contributed by atoms with Crippen LogP contribution in [0.4, 0.5) is 11.4 Å². The molecular weight excluding hydrogens is 188 g/mol. The van der Waals surface area contributed by atoms with Crippen LogP contribution in [0.1, 0.15) is 6.42 Å². The van der Waals surface area contributed by atoms with Gasteiger partial charge in [-0.25, -0.2) is 0 Å². The molecule has 0 radical (unpaired) electrons. The zero-order valence-corrected chi connectivity index (χ0v) is 9.36. The van der Waals surface area contributed by atoms with Crippen molar-refractivity contribution in [2.45, 2.75) is 12.5 Å². The summed E-state index contributed by atoms with van der Waals surface area (Å²) in [6.07, 6.45) is 1.11. The summed E-state index contributed by atoms with van der Waals surface area (Å²) in [5.74, 6) is 0. The average molecular weight is 206 g/mol. The lowest BCUT2D eigenvalue weighted by molar-refractivity contribution is 0.195. The van der Waals surface area contributed by atoms with E-state index in [2.05, 4.69) is 34.5 Å². The minimum atomic E-state index is 0.482. The number of nitrogens with one attached hydrogen (secondary N) is 1. The fourth-order valence-electron chi connectivity index (χ4n) is 1.74. The van der Waals surface area contributed by atoms with Gasteiger partial charge in [0.1, 0.15) is 0 Å². The monoisotopic (exact) mass is 206 g/mol. The molecule has 1 fully saturated rings. The topological polar surface area (TPSA) is 24.5 Å². The SMILES string of the molecule is CN(C)c1ccc(NC2CCOC2)cc1. The molecule has 3 heteroatoms. The van der Waals surface area contributed by atoms with Crippen LogP contribution in [0.2, 0.25) is 0 Å². The summed E-state index contributed by atoms with van der Waals surface area (Å²) < 4.78 is 5.32. The molecule has 1 aromatic carbocycles. The molecule has 1 N–H and O–H groups in total. The minimum absolute atomic E-state index is 0.482. The fourth-order valence-corrected chi connectivity index (χ4v) is 1.74.